The van der Waals surface area contributed by atoms with Gasteiger partial charge in [-0.2, -0.15) is 0 Å². The first-order chi connectivity index (χ1) is 11.0. The number of benzene rings is 1. The van der Waals surface area contributed by atoms with E-state index >= 15 is 0 Å². The average molecular weight is 320 g/mol. The molecule has 1 aliphatic heterocycles. The van der Waals surface area contributed by atoms with Crippen LogP contribution in [0.1, 0.15) is 12.2 Å². The maximum Gasteiger partial charge on any atom is 0.177 e. The highest BCUT2D eigenvalue weighted by atomic mass is 19.2. The van der Waals surface area contributed by atoms with Crippen LogP contribution >= 0.6 is 0 Å². The number of hydrogen-bond donors (Lipinski definition) is 1. The molecular formula is C16H15F3N4. The number of aryl methyl sites for hydroxylation is 1. The summed E-state index contributed by atoms with van der Waals surface area (Å²) in [7, 11) is 0. The molecular weight excluding hydrogens is 305 g/mol. The van der Waals surface area contributed by atoms with Gasteiger partial charge in [0.05, 0.1) is 5.52 Å². The van der Waals surface area contributed by atoms with E-state index in [0.29, 0.717) is 6.07 Å². The molecule has 0 fully saturated rings. The molecule has 0 unspecified atom stereocenters. The molecule has 2 aromatic heterocycles. The van der Waals surface area contributed by atoms with Crippen molar-refractivity contribution in [2.24, 2.45) is 5.73 Å². The number of aromatic nitrogens is 3. The van der Waals surface area contributed by atoms with Crippen molar-refractivity contribution in [2.75, 3.05) is 0 Å². The molecule has 3 aromatic rings. The number of imidazole rings is 1. The van der Waals surface area contributed by atoms with E-state index in [9.17, 15) is 13.2 Å². The Hall–Kier alpha value is -2.41. The van der Waals surface area contributed by atoms with Gasteiger partial charge in [-0.3, -0.25) is 0 Å². The average Bonchev–Trinajstić information content (AvgIpc) is 2.90. The summed E-state index contributed by atoms with van der Waals surface area (Å²) in [5, 5.41) is 0. The molecule has 2 N–H and O–H groups in total. The zero-order chi connectivity index (χ0) is 16.4. The smallest absolute Gasteiger partial charge is 0.177 e. The fraction of sp³-hybridized carbons (Fsp3) is 0.250. The first-order valence-electron chi connectivity index (χ1n) is 7.21. The van der Waals surface area contributed by atoms with Crippen molar-refractivity contribution in [3.8, 4) is 0 Å². The van der Waals surface area contributed by atoms with Crippen LogP contribution in [0.4, 0.5) is 13.2 Å². The van der Waals surface area contributed by atoms with Crippen LogP contribution in [0.5, 0.6) is 0 Å². The van der Waals surface area contributed by atoms with E-state index in [2.05, 4.69) is 20.6 Å². The van der Waals surface area contributed by atoms with Crippen molar-refractivity contribution < 1.29 is 13.2 Å². The van der Waals surface area contributed by atoms with E-state index in [1.807, 2.05) is 6.07 Å². The standard InChI is InChI=1S/C10H12N4.C6H3F3/c11-7-3-4-9-13-10-8(14(9)6-7)2-1-5-12-10;7-4-1-2-5(8)6(9)3-4/h1-2,5,7H,3-4,6,11H2;1-3H/t7-;/m1./s1. The van der Waals surface area contributed by atoms with Gasteiger partial charge in [0.1, 0.15) is 11.6 Å². The first kappa shape index (κ1) is 15.5. The minimum Gasteiger partial charge on any atom is -0.326 e. The van der Waals surface area contributed by atoms with Crippen LogP contribution < -0.4 is 5.73 Å². The summed E-state index contributed by atoms with van der Waals surface area (Å²) in [6.07, 6.45) is 3.78. The number of nitrogens with two attached hydrogens (primary N) is 1. The molecule has 1 aromatic carbocycles. The van der Waals surface area contributed by atoms with Gasteiger partial charge in [-0.25, -0.2) is 23.1 Å². The van der Waals surface area contributed by atoms with Crippen molar-refractivity contribution in [3.63, 3.8) is 0 Å². The number of fused-ring (bicyclic) bond motifs is 3. The number of rotatable bonds is 0. The molecule has 4 nitrogen and oxygen atoms in total. The van der Waals surface area contributed by atoms with Crippen LogP contribution in [0, 0.1) is 17.5 Å². The van der Waals surface area contributed by atoms with Gasteiger partial charge in [-0.1, -0.05) is 0 Å². The molecule has 0 saturated heterocycles. The van der Waals surface area contributed by atoms with Crippen LogP contribution in [0.25, 0.3) is 11.2 Å². The number of hydrogen-bond acceptors (Lipinski definition) is 3. The Bertz CT molecular complexity index is 831. The highest BCUT2D eigenvalue weighted by molar-refractivity contribution is 5.71. The van der Waals surface area contributed by atoms with E-state index < -0.39 is 17.5 Å². The summed E-state index contributed by atoms with van der Waals surface area (Å²) in [5.74, 6) is -1.83. The molecule has 120 valence electrons. The highest BCUT2D eigenvalue weighted by Gasteiger charge is 2.19. The summed E-state index contributed by atoms with van der Waals surface area (Å²) in [5.41, 5.74) is 7.88. The zero-order valence-corrected chi connectivity index (χ0v) is 12.2. The minimum absolute atomic E-state index is 0.264. The third kappa shape index (κ3) is 3.34. The van der Waals surface area contributed by atoms with Crippen molar-refractivity contribution in [2.45, 2.75) is 25.4 Å². The Labute approximate surface area is 130 Å². The van der Waals surface area contributed by atoms with Crippen molar-refractivity contribution >= 4 is 11.2 Å². The molecule has 0 saturated carbocycles. The Morgan fingerprint density at radius 2 is 1.96 bits per heavy atom. The molecule has 3 heterocycles. The molecule has 0 spiro atoms. The molecule has 0 amide bonds. The molecule has 1 atom stereocenters. The summed E-state index contributed by atoms with van der Waals surface area (Å²) in [6, 6.07) is 6.35. The van der Waals surface area contributed by atoms with Crippen LogP contribution in [-0.4, -0.2) is 20.6 Å². The van der Waals surface area contributed by atoms with Crippen molar-refractivity contribution in [3.05, 3.63) is 59.8 Å². The lowest BCUT2D eigenvalue weighted by Gasteiger charge is -2.20. The number of pyridine rings is 1. The van der Waals surface area contributed by atoms with Gasteiger partial charge in [-0.05, 0) is 30.7 Å². The predicted molar refractivity (Wildman–Crippen MR) is 80.1 cm³/mol. The second-order valence-electron chi connectivity index (χ2n) is 5.34. The number of halogens is 3. The normalized spacial score (nSPS) is 16.6. The molecule has 0 aliphatic carbocycles. The predicted octanol–water partition coefficient (Wildman–Crippen LogP) is 2.81. The van der Waals surface area contributed by atoms with Crippen LogP contribution in [0.2, 0.25) is 0 Å². The SMILES string of the molecule is Fc1ccc(F)c(F)c1.N[C@@H]1CCc2nc3ncccc3n2C1. The third-order valence-corrected chi connectivity index (χ3v) is 3.64. The Balaban J connectivity index is 0.000000151. The van der Waals surface area contributed by atoms with Gasteiger partial charge in [0, 0.05) is 31.3 Å². The molecule has 0 bridgehead atoms. The van der Waals surface area contributed by atoms with E-state index in [-0.39, 0.29) is 6.04 Å². The van der Waals surface area contributed by atoms with Gasteiger partial charge in [0.15, 0.2) is 17.3 Å². The lowest BCUT2D eigenvalue weighted by atomic mass is 10.1. The highest BCUT2D eigenvalue weighted by Crippen LogP contribution is 2.19. The summed E-state index contributed by atoms with van der Waals surface area (Å²) in [6.45, 7) is 0.873. The van der Waals surface area contributed by atoms with Gasteiger partial charge in [0.25, 0.3) is 0 Å². The maximum atomic E-state index is 12.0. The van der Waals surface area contributed by atoms with Crippen LogP contribution in [-0.2, 0) is 13.0 Å². The largest absolute Gasteiger partial charge is 0.326 e. The van der Waals surface area contributed by atoms with Crippen LogP contribution in [0.3, 0.4) is 0 Å². The van der Waals surface area contributed by atoms with E-state index in [1.54, 1.807) is 6.20 Å². The van der Waals surface area contributed by atoms with Gasteiger partial charge < -0.3 is 10.3 Å². The van der Waals surface area contributed by atoms with Crippen molar-refractivity contribution in [1.29, 1.82) is 0 Å². The van der Waals surface area contributed by atoms with Gasteiger partial charge in [-0.15, -0.1) is 0 Å². The fourth-order valence-electron chi connectivity index (χ4n) is 2.51. The summed E-state index contributed by atoms with van der Waals surface area (Å²) in [4.78, 5) is 8.72. The van der Waals surface area contributed by atoms with Crippen molar-refractivity contribution in [1.82, 2.24) is 14.5 Å². The topological polar surface area (TPSA) is 56.7 Å². The monoisotopic (exact) mass is 320 g/mol. The third-order valence-electron chi connectivity index (χ3n) is 3.64. The van der Waals surface area contributed by atoms with E-state index in [4.69, 9.17) is 5.73 Å². The zero-order valence-electron chi connectivity index (χ0n) is 12.2. The van der Waals surface area contributed by atoms with Gasteiger partial charge in [0.2, 0.25) is 0 Å². The van der Waals surface area contributed by atoms with E-state index in [0.717, 1.165) is 48.5 Å². The second kappa shape index (κ2) is 6.37. The van der Waals surface area contributed by atoms with E-state index in [1.165, 1.54) is 0 Å². The summed E-state index contributed by atoms with van der Waals surface area (Å²) >= 11 is 0. The van der Waals surface area contributed by atoms with Crippen LogP contribution in [0.15, 0.2) is 36.5 Å². The molecule has 4 rings (SSSR count). The molecule has 7 heteroatoms. The van der Waals surface area contributed by atoms with Gasteiger partial charge >= 0.3 is 0 Å². The Kier molecular flexibility index (Phi) is 4.29. The quantitative estimate of drug-likeness (QED) is 0.648. The fourth-order valence-corrected chi connectivity index (χ4v) is 2.51. The molecule has 23 heavy (non-hydrogen) atoms. The molecule has 1 aliphatic rings. The Morgan fingerprint density at radius 1 is 1.13 bits per heavy atom. The lowest BCUT2D eigenvalue weighted by molar-refractivity contribution is 0.461. The Morgan fingerprint density at radius 3 is 2.70 bits per heavy atom. The summed E-state index contributed by atoms with van der Waals surface area (Å²) < 4.78 is 38.1. The maximum absolute atomic E-state index is 12.0. The second-order valence-corrected chi connectivity index (χ2v) is 5.34. The minimum atomic E-state index is -1.16. The first-order valence-corrected chi connectivity index (χ1v) is 7.21. The molecule has 0 radical (unpaired) electrons. The number of nitrogens with zero attached hydrogens (tertiary/aromatic N) is 3. The lowest BCUT2D eigenvalue weighted by Crippen LogP contribution is -2.31.